The molecule has 1 fully saturated rings. The lowest BCUT2D eigenvalue weighted by Crippen LogP contribution is -2.41. The van der Waals surface area contributed by atoms with Gasteiger partial charge in [-0.25, -0.2) is 0 Å². The van der Waals surface area contributed by atoms with Gasteiger partial charge in [-0.2, -0.15) is 0 Å². The van der Waals surface area contributed by atoms with Gasteiger partial charge in [0, 0.05) is 25.1 Å². The number of rotatable bonds is 5. The summed E-state index contributed by atoms with van der Waals surface area (Å²) in [7, 11) is 0. The number of ether oxygens (including phenoxy) is 1. The van der Waals surface area contributed by atoms with Gasteiger partial charge >= 0.3 is 0 Å². The van der Waals surface area contributed by atoms with E-state index in [0.717, 1.165) is 5.56 Å². The van der Waals surface area contributed by atoms with E-state index in [1.807, 2.05) is 48.5 Å². The van der Waals surface area contributed by atoms with Gasteiger partial charge in [0.1, 0.15) is 0 Å². The Bertz CT molecular complexity index is 679. The van der Waals surface area contributed by atoms with Gasteiger partial charge in [0.2, 0.25) is 5.91 Å². The van der Waals surface area contributed by atoms with Crippen molar-refractivity contribution in [2.24, 2.45) is 0 Å². The molecular weight excluding hydrogens is 302 g/mol. The summed E-state index contributed by atoms with van der Waals surface area (Å²) in [6.45, 7) is 2.32. The molecule has 1 aliphatic rings. The summed E-state index contributed by atoms with van der Waals surface area (Å²) < 4.78 is 5.30. The Balaban J connectivity index is 1.82. The van der Waals surface area contributed by atoms with Gasteiger partial charge in [-0.05, 0) is 5.56 Å². The summed E-state index contributed by atoms with van der Waals surface area (Å²) >= 11 is 0. The summed E-state index contributed by atoms with van der Waals surface area (Å²) in [5, 5.41) is 0. The lowest BCUT2D eigenvalue weighted by Gasteiger charge is -2.28. The number of Topliss-reactive ketones (excluding diaryl/α,β-unsaturated/α-hetero) is 1. The second-order valence-corrected chi connectivity index (χ2v) is 5.89. The van der Waals surface area contributed by atoms with E-state index in [9.17, 15) is 9.59 Å². The molecule has 0 bridgehead atoms. The molecule has 2 aromatic rings. The molecule has 0 saturated carbocycles. The average molecular weight is 323 g/mol. The van der Waals surface area contributed by atoms with Crippen molar-refractivity contribution in [1.82, 2.24) is 4.90 Å². The van der Waals surface area contributed by atoms with E-state index in [4.69, 9.17) is 4.74 Å². The van der Waals surface area contributed by atoms with Crippen molar-refractivity contribution in [1.29, 1.82) is 0 Å². The first-order valence-electron chi connectivity index (χ1n) is 8.25. The van der Waals surface area contributed by atoms with Gasteiger partial charge < -0.3 is 9.64 Å². The third kappa shape index (κ3) is 3.89. The highest BCUT2D eigenvalue weighted by molar-refractivity contribution is 6.03. The SMILES string of the molecule is O=C(c1ccccc1)C(CC(=O)N1CCOCC1)c1ccccc1. The van der Waals surface area contributed by atoms with Crippen molar-refractivity contribution in [3.8, 4) is 0 Å². The molecule has 1 aliphatic heterocycles. The standard InChI is InChI=1S/C20H21NO3/c22-19(21-11-13-24-14-12-21)15-18(16-7-3-1-4-8-16)20(23)17-9-5-2-6-10-17/h1-10,18H,11-15H2. The smallest absolute Gasteiger partial charge is 0.223 e. The molecule has 0 spiro atoms. The molecule has 4 nitrogen and oxygen atoms in total. The van der Waals surface area contributed by atoms with Crippen LogP contribution in [0.15, 0.2) is 60.7 Å². The maximum absolute atomic E-state index is 13.0. The van der Waals surface area contributed by atoms with Crippen molar-refractivity contribution in [3.63, 3.8) is 0 Å². The Morgan fingerprint density at radius 1 is 0.917 bits per heavy atom. The van der Waals surface area contributed by atoms with E-state index in [-0.39, 0.29) is 18.1 Å². The molecule has 1 amide bonds. The monoisotopic (exact) mass is 323 g/mol. The lowest BCUT2D eigenvalue weighted by molar-refractivity contribution is -0.135. The highest BCUT2D eigenvalue weighted by Gasteiger charge is 2.27. The van der Waals surface area contributed by atoms with Gasteiger partial charge in [0.25, 0.3) is 0 Å². The van der Waals surface area contributed by atoms with Crippen LogP contribution < -0.4 is 0 Å². The Hall–Kier alpha value is -2.46. The highest BCUT2D eigenvalue weighted by atomic mass is 16.5. The molecule has 2 aromatic carbocycles. The van der Waals surface area contributed by atoms with Crippen LogP contribution in [0, 0.1) is 0 Å². The van der Waals surface area contributed by atoms with E-state index < -0.39 is 5.92 Å². The quantitative estimate of drug-likeness (QED) is 0.795. The zero-order valence-corrected chi connectivity index (χ0v) is 13.6. The van der Waals surface area contributed by atoms with Crippen molar-refractivity contribution in [2.45, 2.75) is 12.3 Å². The van der Waals surface area contributed by atoms with Crippen molar-refractivity contribution in [3.05, 3.63) is 71.8 Å². The van der Waals surface area contributed by atoms with Crippen LogP contribution in [-0.2, 0) is 9.53 Å². The first kappa shape index (κ1) is 16.4. The van der Waals surface area contributed by atoms with E-state index >= 15 is 0 Å². The normalized spacial score (nSPS) is 15.8. The van der Waals surface area contributed by atoms with Crippen LogP contribution >= 0.6 is 0 Å². The molecule has 24 heavy (non-hydrogen) atoms. The molecule has 124 valence electrons. The number of hydrogen-bond acceptors (Lipinski definition) is 3. The van der Waals surface area contributed by atoms with Crippen LogP contribution in [0.5, 0.6) is 0 Å². The molecule has 0 aliphatic carbocycles. The fourth-order valence-electron chi connectivity index (χ4n) is 2.97. The second-order valence-electron chi connectivity index (χ2n) is 5.89. The van der Waals surface area contributed by atoms with E-state index in [1.54, 1.807) is 17.0 Å². The highest BCUT2D eigenvalue weighted by Crippen LogP contribution is 2.25. The second kappa shape index (κ2) is 7.88. The summed E-state index contributed by atoms with van der Waals surface area (Å²) in [6, 6.07) is 18.7. The Morgan fingerprint density at radius 2 is 1.50 bits per heavy atom. The topological polar surface area (TPSA) is 46.6 Å². The number of carbonyl (C=O) groups is 2. The predicted molar refractivity (Wildman–Crippen MR) is 92.0 cm³/mol. The number of nitrogens with zero attached hydrogens (tertiary/aromatic N) is 1. The van der Waals surface area contributed by atoms with Gasteiger partial charge in [-0.3, -0.25) is 9.59 Å². The zero-order chi connectivity index (χ0) is 16.8. The fourth-order valence-corrected chi connectivity index (χ4v) is 2.97. The Labute approximate surface area is 142 Å². The third-order valence-corrected chi connectivity index (χ3v) is 4.32. The molecule has 0 N–H and O–H groups in total. The van der Waals surface area contributed by atoms with Crippen LogP contribution in [0.2, 0.25) is 0 Å². The first-order chi connectivity index (χ1) is 11.8. The zero-order valence-electron chi connectivity index (χ0n) is 13.6. The number of hydrogen-bond donors (Lipinski definition) is 0. The number of benzene rings is 2. The molecule has 1 saturated heterocycles. The summed E-state index contributed by atoms with van der Waals surface area (Å²) in [5.41, 5.74) is 1.52. The first-order valence-corrected chi connectivity index (χ1v) is 8.25. The van der Waals surface area contributed by atoms with Crippen LogP contribution in [-0.4, -0.2) is 42.9 Å². The van der Waals surface area contributed by atoms with E-state index in [2.05, 4.69) is 0 Å². The van der Waals surface area contributed by atoms with Crippen molar-refractivity contribution >= 4 is 11.7 Å². The summed E-state index contributed by atoms with van der Waals surface area (Å²) in [6.07, 6.45) is 0.192. The Morgan fingerprint density at radius 3 is 2.12 bits per heavy atom. The number of carbonyl (C=O) groups excluding carboxylic acids is 2. The molecule has 0 aromatic heterocycles. The molecule has 1 unspecified atom stereocenters. The van der Waals surface area contributed by atoms with Gasteiger partial charge in [0.15, 0.2) is 5.78 Å². The number of amides is 1. The summed E-state index contributed by atoms with van der Waals surface area (Å²) in [4.78, 5) is 27.4. The van der Waals surface area contributed by atoms with Crippen LogP contribution in [0.1, 0.15) is 28.3 Å². The molecule has 3 rings (SSSR count). The van der Waals surface area contributed by atoms with Gasteiger partial charge in [-0.15, -0.1) is 0 Å². The van der Waals surface area contributed by atoms with Gasteiger partial charge in [0.05, 0.1) is 19.1 Å². The maximum Gasteiger partial charge on any atom is 0.223 e. The summed E-state index contributed by atoms with van der Waals surface area (Å²) in [5.74, 6) is -0.455. The molecule has 1 heterocycles. The van der Waals surface area contributed by atoms with E-state index in [0.29, 0.717) is 31.9 Å². The predicted octanol–water partition coefficient (Wildman–Crippen LogP) is 2.90. The largest absolute Gasteiger partial charge is 0.378 e. The lowest BCUT2D eigenvalue weighted by atomic mass is 9.87. The van der Waals surface area contributed by atoms with Crippen LogP contribution in [0.4, 0.5) is 0 Å². The fraction of sp³-hybridized carbons (Fsp3) is 0.300. The third-order valence-electron chi connectivity index (χ3n) is 4.32. The molecular formula is C20H21NO3. The van der Waals surface area contributed by atoms with Crippen LogP contribution in [0.25, 0.3) is 0 Å². The number of ketones is 1. The minimum Gasteiger partial charge on any atom is -0.378 e. The molecule has 0 radical (unpaired) electrons. The van der Waals surface area contributed by atoms with Crippen LogP contribution in [0.3, 0.4) is 0 Å². The molecule has 4 heteroatoms. The van der Waals surface area contributed by atoms with E-state index in [1.165, 1.54) is 0 Å². The molecule has 1 atom stereocenters. The minimum atomic E-state index is -0.455. The average Bonchev–Trinajstić information content (AvgIpc) is 2.67. The van der Waals surface area contributed by atoms with Crippen molar-refractivity contribution < 1.29 is 14.3 Å². The van der Waals surface area contributed by atoms with Gasteiger partial charge in [-0.1, -0.05) is 60.7 Å². The maximum atomic E-state index is 13.0. The van der Waals surface area contributed by atoms with Crippen molar-refractivity contribution in [2.75, 3.05) is 26.3 Å². The Kier molecular flexibility index (Phi) is 5.39. The number of morpholine rings is 1. The minimum absolute atomic E-state index is 0.0106.